The summed E-state index contributed by atoms with van der Waals surface area (Å²) in [6, 6.07) is 0.612. The largest absolute Gasteiger partial charge is 0.465 e. The molecule has 0 radical (unpaired) electrons. The van der Waals surface area contributed by atoms with Gasteiger partial charge in [-0.3, -0.25) is 9.58 Å². The Morgan fingerprint density at radius 1 is 1.47 bits per heavy atom. The molecule has 1 aliphatic carbocycles. The second-order valence-corrected chi connectivity index (χ2v) is 5.36. The normalized spacial score (nSPS) is 16.8. The molecule has 1 saturated carbocycles. The molecule has 0 N–H and O–H groups in total. The van der Waals surface area contributed by atoms with Crippen LogP contribution >= 0.6 is 0 Å². The number of aromatic nitrogens is 2. The average Bonchev–Trinajstić information content (AvgIpc) is 2.79. The molecule has 19 heavy (non-hydrogen) atoms. The standard InChI is InChI=1S/C14H23N3O2/c1-16(11-7-5-4-6-8-11)10-13-12(14(18)19-3)9-17(2)15-13/h9,11H,4-8,10H2,1-3H3. The molecule has 1 fully saturated rings. The molecule has 0 aromatic carbocycles. The Kier molecular flexibility index (Phi) is 4.58. The lowest BCUT2D eigenvalue weighted by Gasteiger charge is -2.30. The van der Waals surface area contributed by atoms with Gasteiger partial charge in [0.2, 0.25) is 0 Å². The molecule has 0 spiro atoms. The van der Waals surface area contributed by atoms with Crippen LogP contribution in [-0.2, 0) is 18.3 Å². The SMILES string of the molecule is COC(=O)c1cn(C)nc1CN(C)C1CCCCC1. The average molecular weight is 265 g/mol. The molecule has 2 rings (SSSR count). The van der Waals surface area contributed by atoms with Gasteiger partial charge < -0.3 is 4.74 Å². The first kappa shape index (κ1) is 14.1. The van der Waals surface area contributed by atoms with Gasteiger partial charge in [-0.25, -0.2) is 4.79 Å². The van der Waals surface area contributed by atoms with Crippen molar-refractivity contribution in [2.75, 3.05) is 14.2 Å². The van der Waals surface area contributed by atoms with Crippen LogP contribution in [0.4, 0.5) is 0 Å². The molecule has 1 aromatic rings. The van der Waals surface area contributed by atoms with Gasteiger partial charge in [-0.1, -0.05) is 19.3 Å². The van der Waals surface area contributed by atoms with Crippen LogP contribution in [0.2, 0.25) is 0 Å². The van der Waals surface area contributed by atoms with Crippen molar-refractivity contribution in [3.63, 3.8) is 0 Å². The van der Waals surface area contributed by atoms with Crippen molar-refractivity contribution in [2.45, 2.75) is 44.7 Å². The van der Waals surface area contributed by atoms with Crippen LogP contribution in [0.15, 0.2) is 6.20 Å². The Balaban J connectivity index is 2.07. The molecule has 1 aliphatic rings. The van der Waals surface area contributed by atoms with Gasteiger partial charge in [-0.15, -0.1) is 0 Å². The Hall–Kier alpha value is -1.36. The van der Waals surface area contributed by atoms with Crippen molar-refractivity contribution in [3.8, 4) is 0 Å². The Morgan fingerprint density at radius 2 is 2.16 bits per heavy atom. The third-order valence-electron chi connectivity index (χ3n) is 3.91. The number of ether oxygens (including phenoxy) is 1. The summed E-state index contributed by atoms with van der Waals surface area (Å²) in [4.78, 5) is 14.0. The van der Waals surface area contributed by atoms with Crippen LogP contribution in [0.1, 0.15) is 48.2 Å². The number of hydrogen-bond donors (Lipinski definition) is 0. The van der Waals surface area contributed by atoms with Crippen LogP contribution in [-0.4, -0.2) is 40.8 Å². The predicted molar refractivity (Wildman–Crippen MR) is 72.9 cm³/mol. The number of esters is 1. The van der Waals surface area contributed by atoms with Crippen molar-refractivity contribution in [2.24, 2.45) is 7.05 Å². The van der Waals surface area contributed by atoms with Crippen LogP contribution in [0, 0.1) is 0 Å². The van der Waals surface area contributed by atoms with Crippen LogP contribution in [0.25, 0.3) is 0 Å². The molecule has 1 heterocycles. The molecular weight excluding hydrogens is 242 g/mol. The molecule has 0 amide bonds. The second kappa shape index (κ2) is 6.19. The van der Waals surface area contributed by atoms with Gasteiger partial charge in [-0.05, 0) is 19.9 Å². The van der Waals surface area contributed by atoms with Crippen molar-refractivity contribution in [3.05, 3.63) is 17.5 Å². The lowest BCUT2D eigenvalue weighted by molar-refractivity contribution is 0.0597. The summed E-state index contributed by atoms with van der Waals surface area (Å²) in [6.45, 7) is 0.704. The molecule has 0 bridgehead atoms. The van der Waals surface area contributed by atoms with E-state index in [1.54, 1.807) is 10.9 Å². The maximum atomic E-state index is 11.7. The van der Waals surface area contributed by atoms with E-state index < -0.39 is 0 Å². The minimum absolute atomic E-state index is 0.305. The summed E-state index contributed by atoms with van der Waals surface area (Å²) >= 11 is 0. The molecule has 5 heteroatoms. The maximum Gasteiger partial charge on any atom is 0.341 e. The maximum absolute atomic E-state index is 11.7. The Labute approximate surface area is 114 Å². The number of carbonyl (C=O) groups is 1. The van der Waals surface area contributed by atoms with Gasteiger partial charge >= 0.3 is 5.97 Å². The molecule has 106 valence electrons. The Bertz CT molecular complexity index is 436. The summed E-state index contributed by atoms with van der Waals surface area (Å²) in [5, 5.41) is 4.39. The quantitative estimate of drug-likeness (QED) is 0.781. The van der Waals surface area contributed by atoms with Crippen molar-refractivity contribution < 1.29 is 9.53 Å². The fraction of sp³-hybridized carbons (Fsp3) is 0.714. The van der Waals surface area contributed by atoms with E-state index in [-0.39, 0.29) is 5.97 Å². The van der Waals surface area contributed by atoms with Gasteiger partial charge in [0.15, 0.2) is 0 Å². The van der Waals surface area contributed by atoms with Gasteiger partial charge in [0, 0.05) is 25.8 Å². The van der Waals surface area contributed by atoms with Gasteiger partial charge in [-0.2, -0.15) is 5.10 Å². The molecule has 5 nitrogen and oxygen atoms in total. The second-order valence-electron chi connectivity index (χ2n) is 5.36. The summed E-state index contributed by atoms with van der Waals surface area (Å²) in [7, 11) is 5.35. The summed E-state index contributed by atoms with van der Waals surface area (Å²) in [5.74, 6) is -0.305. The number of methoxy groups -OCH3 is 1. The minimum Gasteiger partial charge on any atom is -0.465 e. The molecule has 0 saturated heterocycles. The van der Waals surface area contributed by atoms with E-state index in [1.165, 1.54) is 39.2 Å². The fourth-order valence-electron chi connectivity index (χ4n) is 2.82. The molecule has 0 aliphatic heterocycles. The van der Waals surface area contributed by atoms with E-state index in [4.69, 9.17) is 4.74 Å². The monoisotopic (exact) mass is 265 g/mol. The van der Waals surface area contributed by atoms with Crippen LogP contribution < -0.4 is 0 Å². The number of rotatable bonds is 4. The van der Waals surface area contributed by atoms with Crippen molar-refractivity contribution in [1.29, 1.82) is 0 Å². The van der Waals surface area contributed by atoms with Crippen LogP contribution in [0.3, 0.4) is 0 Å². The molecular formula is C14H23N3O2. The topological polar surface area (TPSA) is 47.4 Å². The fourth-order valence-corrected chi connectivity index (χ4v) is 2.82. The lowest BCUT2D eigenvalue weighted by Crippen LogP contribution is -2.33. The number of hydrogen-bond acceptors (Lipinski definition) is 4. The summed E-state index contributed by atoms with van der Waals surface area (Å²) in [6.07, 6.45) is 8.19. The zero-order chi connectivity index (χ0) is 13.8. The van der Waals surface area contributed by atoms with Gasteiger partial charge in [0.1, 0.15) is 5.56 Å². The van der Waals surface area contributed by atoms with E-state index >= 15 is 0 Å². The zero-order valence-corrected chi connectivity index (χ0v) is 12.1. The summed E-state index contributed by atoms with van der Waals surface area (Å²) < 4.78 is 6.48. The number of nitrogens with zero attached hydrogens (tertiary/aromatic N) is 3. The third-order valence-corrected chi connectivity index (χ3v) is 3.91. The molecule has 0 atom stereocenters. The van der Waals surface area contributed by atoms with E-state index in [9.17, 15) is 4.79 Å². The van der Waals surface area contributed by atoms with E-state index in [0.29, 0.717) is 18.2 Å². The number of aryl methyl sites for hydroxylation is 1. The zero-order valence-electron chi connectivity index (χ0n) is 12.1. The predicted octanol–water partition coefficient (Wildman–Crippen LogP) is 1.97. The Morgan fingerprint density at radius 3 is 2.79 bits per heavy atom. The molecule has 0 unspecified atom stereocenters. The number of carbonyl (C=O) groups excluding carboxylic acids is 1. The highest BCUT2D eigenvalue weighted by atomic mass is 16.5. The van der Waals surface area contributed by atoms with Gasteiger partial charge in [0.05, 0.1) is 12.8 Å². The smallest absolute Gasteiger partial charge is 0.341 e. The minimum atomic E-state index is -0.305. The van der Waals surface area contributed by atoms with Crippen LogP contribution in [0.5, 0.6) is 0 Å². The first-order valence-electron chi connectivity index (χ1n) is 6.93. The highest BCUT2D eigenvalue weighted by molar-refractivity contribution is 5.90. The van der Waals surface area contributed by atoms with E-state index in [0.717, 1.165) is 5.69 Å². The van der Waals surface area contributed by atoms with E-state index in [2.05, 4.69) is 17.0 Å². The third kappa shape index (κ3) is 3.35. The first-order valence-corrected chi connectivity index (χ1v) is 6.93. The molecule has 1 aromatic heterocycles. The summed E-state index contributed by atoms with van der Waals surface area (Å²) in [5.41, 5.74) is 1.38. The van der Waals surface area contributed by atoms with Gasteiger partial charge in [0.25, 0.3) is 0 Å². The highest BCUT2D eigenvalue weighted by Crippen LogP contribution is 2.23. The first-order chi connectivity index (χ1) is 9.11. The van der Waals surface area contributed by atoms with Crippen molar-refractivity contribution >= 4 is 5.97 Å². The van der Waals surface area contributed by atoms with Crippen molar-refractivity contribution in [1.82, 2.24) is 14.7 Å². The van der Waals surface area contributed by atoms with E-state index in [1.807, 2.05) is 7.05 Å². The highest BCUT2D eigenvalue weighted by Gasteiger charge is 2.22. The lowest BCUT2D eigenvalue weighted by atomic mass is 9.94.